The minimum Gasteiger partial charge on any atom is -0.493 e. The second-order valence-electron chi connectivity index (χ2n) is 7.16. The van der Waals surface area contributed by atoms with E-state index in [-0.39, 0.29) is 12.4 Å². The number of rotatable bonds is 9. The summed E-state index contributed by atoms with van der Waals surface area (Å²) in [5.41, 5.74) is 3.68. The number of nitrogens with zero attached hydrogens (tertiary/aromatic N) is 3. The first-order chi connectivity index (χ1) is 15.6. The van der Waals surface area contributed by atoms with Gasteiger partial charge in [0.15, 0.2) is 28.7 Å². The largest absolute Gasteiger partial charge is 0.493 e. The van der Waals surface area contributed by atoms with Gasteiger partial charge in [-0.15, -0.1) is 0 Å². The summed E-state index contributed by atoms with van der Waals surface area (Å²) in [4.78, 5) is 21.4. The molecule has 8 nitrogen and oxygen atoms in total. The van der Waals surface area contributed by atoms with E-state index < -0.39 is 0 Å². The van der Waals surface area contributed by atoms with Gasteiger partial charge in [0.05, 0.1) is 19.9 Å². The summed E-state index contributed by atoms with van der Waals surface area (Å²) >= 11 is 0. The Morgan fingerprint density at radius 1 is 1.09 bits per heavy atom. The predicted molar refractivity (Wildman–Crippen MR) is 122 cm³/mol. The smallest absolute Gasteiger partial charge is 0.180 e. The number of carbonyl (C=O) groups excluding carboxylic acids is 1. The topological polar surface area (TPSA) is 98.0 Å². The Balaban J connectivity index is 1.66. The summed E-state index contributed by atoms with van der Waals surface area (Å²) < 4.78 is 12.6. The second-order valence-corrected chi connectivity index (χ2v) is 7.16. The number of carbonyl (C=O) groups is 1. The lowest BCUT2D eigenvalue weighted by Gasteiger charge is -2.13. The molecule has 2 heterocycles. The van der Waals surface area contributed by atoms with Crippen molar-refractivity contribution in [3.63, 3.8) is 0 Å². The highest BCUT2D eigenvalue weighted by molar-refractivity contribution is 5.96. The number of methoxy groups -OCH3 is 2. The van der Waals surface area contributed by atoms with Crippen LogP contribution in [0.3, 0.4) is 0 Å². The molecule has 2 aromatic carbocycles. The van der Waals surface area contributed by atoms with E-state index in [4.69, 9.17) is 19.6 Å². The van der Waals surface area contributed by atoms with E-state index in [0.29, 0.717) is 41.4 Å². The van der Waals surface area contributed by atoms with Crippen LogP contribution < -0.4 is 14.8 Å². The maximum Gasteiger partial charge on any atom is 0.180 e. The predicted octanol–water partition coefficient (Wildman–Crippen LogP) is 4.11. The fourth-order valence-electron chi connectivity index (χ4n) is 3.42. The number of nitrogens with one attached hydrogen (secondary N) is 1. The van der Waals surface area contributed by atoms with Crippen LogP contribution in [0, 0.1) is 0 Å². The molecular weight excluding hydrogens is 408 g/mol. The number of hydrogen-bond donors (Lipinski definition) is 2. The summed E-state index contributed by atoms with van der Waals surface area (Å²) in [5.74, 6) is 1.84. The molecule has 4 rings (SSSR count). The fraction of sp³-hybridized carbons (Fsp3) is 0.208. The minimum atomic E-state index is 0.00844. The number of fused-ring (bicyclic) bond motifs is 1. The Morgan fingerprint density at radius 3 is 2.59 bits per heavy atom. The van der Waals surface area contributed by atoms with Gasteiger partial charge >= 0.3 is 0 Å². The van der Waals surface area contributed by atoms with Crippen LogP contribution in [0.1, 0.15) is 23.2 Å². The Hall–Kier alpha value is -3.91. The molecule has 0 unspecified atom stereocenters. The Kier molecular flexibility index (Phi) is 6.32. The molecule has 0 spiro atoms. The zero-order valence-corrected chi connectivity index (χ0v) is 17.9. The first-order valence-electron chi connectivity index (χ1n) is 10.2. The van der Waals surface area contributed by atoms with Gasteiger partial charge in [0.1, 0.15) is 0 Å². The van der Waals surface area contributed by atoms with E-state index in [1.165, 1.54) is 0 Å². The number of anilines is 2. The summed E-state index contributed by atoms with van der Waals surface area (Å²) in [7, 11) is 3.18. The minimum absolute atomic E-state index is 0.00844. The molecule has 32 heavy (non-hydrogen) atoms. The third-order valence-electron chi connectivity index (χ3n) is 5.08. The SMILES string of the molecule is COc1ccc(Nc2nc(-c3ccc(C(=O)CCCO)cc3)cn3ccnc23)cc1OC. The van der Waals surface area contributed by atoms with Crippen molar-refractivity contribution in [3.05, 3.63) is 66.6 Å². The normalized spacial score (nSPS) is 10.8. The number of aliphatic hydroxyl groups is 1. The van der Waals surface area contributed by atoms with Crippen LogP contribution in [0.25, 0.3) is 16.9 Å². The molecule has 0 saturated heterocycles. The molecule has 0 amide bonds. The van der Waals surface area contributed by atoms with E-state index in [1.807, 2.05) is 47.1 Å². The van der Waals surface area contributed by atoms with Crippen molar-refractivity contribution in [2.24, 2.45) is 0 Å². The van der Waals surface area contributed by atoms with Gasteiger partial charge < -0.3 is 24.3 Å². The van der Waals surface area contributed by atoms with Crippen LogP contribution in [-0.2, 0) is 0 Å². The number of Topliss-reactive ketones (excluding diaryl/α,β-unsaturated/α-hetero) is 1. The molecular formula is C24H24N4O4. The van der Waals surface area contributed by atoms with E-state index in [1.54, 1.807) is 32.5 Å². The van der Waals surface area contributed by atoms with E-state index in [0.717, 1.165) is 16.9 Å². The molecule has 0 atom stereocenters. The number of ether oxygens (including phenoxy) is 2. The van der Waals surface area contributed by atoms with Crippen LogP contribution in [0.15, 0.2) is 61.1 Å². The van der Waals surface area contributed by atoms with Gasteiger partial charge in [-0.25, -0.2) is 9.97 Å². The lowest BCUT2D eigenvalue weighted by molar-refractivity contribution is 0.0971. The second kappa shape index (κ2) is 9.49. The van der Waals surface area contributed by atoms with Crippen molar-refractivity contribution >= 4 is 22.9 Å². The van der Waals surface area contributed by atoms with Crippen LogP contribution in [0.5, 0.6) is 11.5 Å². The highest BCUT2D eigenvalue weighted by Gasteiger charge is 2.12. The van der Waals surface area contributed by atoms with E-state index >= 15 is 0 Å². The number of hydrogen-bond acceptors (Lipinski definition) is 7. The van der Waals surface area contributed by atoms with Gasteiger partial charge in [-0.1, -0.05) is 24.3 Å². The summed E-state index contributed by atoms with van der Waals surface area (Å²) in [6.07, 6.45) is 6.25. The fourth-order valence-corrected chi connectivity index (χ4v) is 3.42. The molecule has 0 aliphatic carbocycles. The van der Waals surface area contributed by atoms with Gasteiger partial charge in [-0.05, 0) is 18.6 Å². The van der Waals surface area contributed by atoms with Gasteiger partial charge in [-0.3, -0.25) is 4.79 Å². The quantitative estimate of drug-likeness (QED) is 0.384. The zero-order valence-electron chi connectivity index (χ0n) is 17.9. The molecule has 0 fully saturated rings. The standard InChI is InChI=1S/C24H24N4O4/c1-31-21-10-9-18(14-22(21)32-2)26-23-24-25-11-12-28(24)15-19(27-23)16-5-7-17(8-6-16)20(30)4-3-13-29/h5-12,14-15,29H,3-4,13H2,1-2H3,(H,26,27). The van der Waals surface area contributed by atoms with Crippen LogP contribution in [0.4, 0.5) is 11.5 Å². The first-order valence-corrected chi connectivity index (χ1v) is 10.2. The maximum absolute atomic E-state index is 12.2. The Bertz CT molecular complexity index is 1230. The molecule has 0 radical (unpaired) electrons. The van der Waals surface area contributed by atoms with Crippen molar-refractivity contribution in [3.8, 4) is 22.8 Å². The average molecular weight is 432 g/mol. The molecule has 0 aliphatic heterocycles. The third kappa shape index (κ3) is 4.40. The molecule has 0 aliphatic rings. The molecule has 0 saturated carbocycles. The van der Waals surface area contributed by atoms with Gasteiger partial charge in [0, 0.05) is 54.5 Å². The zero-order chi connectivity index (χ0) is 22.5. The van der Waals surface area contributed by atoms with Crippen molar-refractivity contribution < 1.29 is 19.4 Å². The summed E-state index contributed by atoms with van der Waals surface area (Å²) in [5, 5.41) is 12.2. The summed E-state index contributed by atoms with van der Waals surface area (Å²) in [6.45, 7) is 0.00844. The summed E-state index contributed by atoms with van der Waals surface area (Å²) in [6, 6.07) is 12.9. The highest BCUT2D eigenvalue weighted by atomic mass is 16.5. The first kappa shape index (κ1) is 21.3. The average Bonchev–Trinajstić information content (AvgIpc) is 3.31. The molecule has 4 aromatic rings. The molecule has 8 heteroatoms. The highest BCUT2D eigenvalue weighted by Crippen LogP contribution is 2.32. The van der Waals surface area contributed by atoms with Crippen molar-refractivity contribution in [2.45, 2.75) is 12.8 Å². The number of imidazole rings is 1. The number of benzene rings is 2. The number of ketones is 1. The van der Waals surface area contributed by atoms with Gasteiger partial charge in [0.2, 0.25) is 0 Å². The molecule has 2 N–H and O–H groups in total. The van der Waals surface area contributed by atoms with E-state index in [9.17, 15) is 4.79 Å². The number of aliphatic hydroxyl groups excluding tert-OH is 1. The maximum atomic E-state index is 12.2. The Labute approximate surface area is 185 Å². The Morgan fingerprint density at radius 2 is 1.88 bits per heavy atom. The van der Waals surface area contributed by atoms with E-state index in [2.05, 4.69) is 10.3 Å². The van der Waals surface area contributed by atoms with Crippen LogP contribution >= 0.6 is 0 Å². The lowest BCUT2D eigenvalue weighted by Crippen LogP contribution is -2.02. The monoisotopic (exact) mass is 432 g/mol. The van der Waals surface area contributed by atoms with Gasteiger partial charge in [-0.2, -0.15) is 0 Å². The van der Waals surface area contributed by atoms with Gasteiger partial charge in [0.25, 0.3) is 0 Å². The third-order valence-corrected chi connectivity index (χ3v) is 5.08. The van der Waals surface area contributed by atoms with Crippen molar-refractivity contribution in [1.29, 1.82) is 0 Å². The molecule has 164 valence electrons. The number of aromatic nitrogens is 3. The van der Waals surface area contributed by atoms with Crippen LogP contribution in [-0.4, -0.2) is 46.1 Å². The lowest BCUT2D eigenvalue weighted by atomic mass is 10.0. The molecule has 2 aromatic heterocycles. The van der Waals surface area contributed by atoms with Crippen molar-refractivity contribution in [1.82, 2.24) is 14.4 Å². The van der Waals surface area contributed by atoms with Crippen molar-refractivity contribution in [2.75, 3.05) is 26.1 Å². The molecule has 0 bridgehead atoms. The van der Waals surface area contributed by atoms with Crippen LogP contribution in [0.2, 0.25) is 0 Å².